The van der Waals surface area contributed by atoms with Crippen LogP contribution in [0.2, 0.25) is 0 Å². The van der Waals surface area contributed by atoms with Gasteiger partial charge in [0.05, 0.1) is 6.54 Å². The largest absolute Gasteiger partial charge is 0.461 e. The van der Waals surface area contributed by atoms with Gasteiger partial charge in [0, 0.05) is 13.1 Å². The summed E-state index contributed by atoms with van der Waals surface area (Å²) in [5, 5.41) is 7.43. The van der Waals surface area contributed by atoms with E-state index in [0.29, 0.717) is 18.7 Å². The molecule has 1 aliphatic rings. The molecule has 0 aliphatic heterocycles. The van der Waals surface area contributed by atoms with Crippen molar-refractivity contribution in [2.75, 3.05) is 0 Å². The third-order valence-electron chi connectivity index (χ3n) is 2.78. The van der Waals surface area contributed by atoms with Crippen LogP contribution in [0.15, 0.2) is 22.9 Å². The molecule has 0 radical (unpaired) electrons. The number of hydrogen-bond donors (Lipinski definition) is 1. The maximum absolute atomic E-state index is 5.64. The van der Waals surface area contributed by atoms with E-state index in [-0.39, 0.29) is 0 Å². The quantitative estimate of drug-likeness (QED) is 0.833. The lowest BCUT2D eigenvalue weighted by molar-refractivity contribution is 0.245. The van der Waals surface area contributed by atoms with Crippen LogP contribution in [0.5, 0.6) is 6.01 Å². The first kappa shape index (κ1) is 11.3. The minimum Gasteiger partial charge on any atom is -0.461 e. The summed E-state index contributed by atoms with van der Waals surface area (Å²) in [5.41, 5.74) is 0. The summed E-state index contributed by atoms with van der Waals surface area (Å²) in [6.45, 7) is 1.14. The molecule has 1 N–H and O–H groups in total. The Balaban J connectivity index is 1.49. The zero-order valence-electron chi connectivity index (χ0n) is 10.3. The van der Waals surface area contributed by atoms with Crippen molar-refractivity contribution in [2.45, 2.75) is 32.0 Å². The van der Waals surface area contributed by atoms with E-state index >= 15 is 0 Å². The lowest BCUT2D eigenvalue weighted by atomic mass is 10.4. The zero-order chi connectivity index (χ0) is 12.4. The van der Waals surface area contributed by atoms with Crippen LogP contribution < -0.4 is 10.1 Å². The molecule has 0 spiro atoms. The number of ether oxygens (including phenoxy) is 1. The van der Waals surface area contributed by atoms with Crippen molar-refractivity contribution in [3.63, 3.8) is 0 Å². The number of nitrogens with one attached hydrogen (secondary N) is 1. The minimum atomic E-state index is 0.355. The fourth-order valence-corrected chi connectivity index (χ4v) is 1.65. The Morgan fingerprint density at radius 1 is 1.44 bits per heavy atom. The first-order valence-corrected chi connectivity index (χ1v) is 6.09. The maximum atomic E-state index is 5.64. The molecule has 0 atom stereocenters. The van der Waals surface area contributed by atoms with Crippen LogP contribution in [0, 0.1) is 0 Å². The van der Waals surface area contributed by atoms with Crippen LogP contribution in [0.3, 0.4) is 0 Å². The van der Waals surface area contributed by atoms with E-state index in [1.807, 2.05) is 12.1 Å². The second-order valence-electron chi connectivity index (χ2n) is 4.51. The van der Waals surface area contributed by atoms with Gasteiger partial charge in [-0.05, 0) is 25.0 Å². The third kappa shape index (κ3) is 2.89. The molecule has 0 amide bonds. The van der Waals surface area contributed by atoms with E-state index in [1.54, 1.807) is 18.1 Å². The van der Waals surface area contributed by atoms with Gasteiger partial charge in [0.2, 0.25) is 0 Å². The second-order valence-corrected chi connectivity index (χ2v) is 4.51. The smallest absolute Gasteiger partial charge is 0.335 e. The molecule has 3 rings (SSSR count). The van der Waals surface area contributed by atoms with Gasteiger partial charge in [-0.1, -0.05) is 0 Å². The SMILES string of the molecule is Cn1cnc(OCc2ccc(CNC3CC3)o2)n1. The van der Waals surface area contributed by atoms with Crippen LogP contribution in [0.1, 0.15) is 24.4 Å². The lowest BCUT2D eigenvalue weighted by Crippen LogP contribution is -2.14. The van der Waals surface area contributed by atoms with Gasteiger partial charge in [0.15, 0.2) is 0 Å². The van der Waals surface area contributed by atoms with Crippen molar-refractivity contribution in [3.05, 3.63) is 30.0 Å². The molecule has 2 aromatic heterocycles. The Hall–Kier alpha value is -1.82. The van der Waals surface area contributed by atoms with Gasteiger partial charge in [0.25, 0.3) is 0 Å². The molecule has 2 heterocycles. The summed E-state index contributed by atoms with van der Waals surface area (Å²) in [7, 11) is 1.80. The van der Waals surface area contributed by atoms with E-state index in [2.05, 4.69) is 15.4 Å². The number of aromatic nitrogens is 3. The van der Waals surface area contributed by atoms with E-state index < -0.39 is 0 Å². The molecule has 96 valence electrons. The van der Waals surface area contributed by atoms with Crippen molar-refractivity contribution in [2.24, 2.45) is 7.05 Å². The van der Waals surface area contributed by atoms with Crippen LogP contribution in [0.25, 0.3) is 0 Å². The highest BCUT2D eigenvalue weighted by molar-refractivity contribution is 5.07. The highest BCUT2D eigenvalue weighted by Gasteiger charge is 2.20. The summed E-state index contributed by atoms with van der Waals surface area (Å²) >= 11 is 0. The van der Waals surface area contributed by atoms with E-state index in [4.69, 9.17) is 9.15 Å². The summed E-state index contributed by atoms with van der Waals surface area (Å²) in [5.74, 6) is 1.73. The van der Waals surface area contributed by atoms with Crippen LogP contribution in [0.4, 0.5) is 0 Å². The summed E-state index contributed by atoms with van der Waals surface area (Å²) in [6.07, 6.45) is 4.16. The molecular formula is C12H16N4O2. The molecule has 1 fully saturated rings. The Labute approximate surface area is 105 Å². The molecule has 1 saturated carbocycles. The fraction of sp³-hybridized carbons (Fsp3) is 0.500. The van der Waals surface area contributed by atoms with Crippen molar-refractivity contribution >= 4 is 0 Å². The minimum absolute atomic E-state index is 0.355. The average molecular weight is 248 g/mol. The highest BCUT2D eigenvalue weighted by atomic mass is 16.5. The normalized spacial score (nSPS) is 14.9. The molecule has 18 heavy (non-hydrogen) atoms. The summed E-state index contributed by atoms with van der Waals surface area (Å²) in [4.78, 5) is 3.98. The van der Waals surface area contributed by atoms with Crippen molar-refractivity contribution in [1.29, 1.82) is 0 Å². The monoisotopic (exact) mass is 248 g/mol. The molecule has 6 nitrogen and oxygen atoms in total. The number of furan rings is 1. The second kappa shape index (κ2) is 4.81. The molecule has 0 saturated heterocycles. The predicted octanol–water partition coefficient (Wildman–Crippen LogP) is 1.24. The molecule has 6 heteroatoms. The highest BCUT2D eigenvalue weighted by Crippen LogP contribution is 2.19. The van der Waals surface area contributed by atoms with Crippen LogP contribution in [-0.2, 0) is 20.2 Å². The standard InChI is InChI=1S/C12H16N4O2/c1-16-8-14-12(15-16)17-7-11-5-4-10(18-11)6-13-9-2-3-9/h4-5,8-9,13H,2-3,6-7H2,1H3. The van der Waals surface area contributed by atoms with E-state index in [9.17, 15) is 0 Å². The zero-order valence-corrected chi connectivity index (χ0v) is 10.3. The van der Waals surface area contributed by atoms with Gasteiger partial charge in [-0.15, -0.1) is 5.10 Å². The number of nitrogens with zero attached hydrogens (tertiary/aromatic N) is 3. The maximum Gasteiger partial charge on any atom is 0.335 e. The van der Waals surface area contributed by atoms with Crippen molar-refractivity contribution in [3.8, 4) is 6.01 Å². The van der Waals surface area contributed by atoms with Crippen LogP contribution in [-0.4, -0.2) is 20.8 Å². The van der Waals surface area contributed by atoms with E-state index in [0.717, 1.165) is 18.1 Å². The number of hydrogen-bond acceptors (Lipinski definition) is 5. The summed E-state index contributed by atoms with van der Waals surface area (Å²) < 4.78 is 12.6. The van der Waals surface area contributed by atoms with Crippen molar-refractivity contribution in [1.82, 2.24) is 20.1 Å². The van der Waals surface area contributed by atoms with Crippen molar-refractivity contribution < 1.29 is 9.15 Å². The van der Waals surface area contributed by atoms with Gasteiger partial charge in [0.1, 0.15) is 24.5 Å². The molecule has 2 aromatic rings. The topological polar surface area (TPSA) is 65.1 Å². The van der Waals surface area contributed by atoms with Gasteiger partial charge in [-0.2, -0.15) is 4.98 Å². The van der Waals surface area contributed by atoms with Gasteiger partial charge >= 0.3 is 6.01 Å². The first-order chi connectivity index (χ1) is 8.79. The fourth-order valence-electron chi connectivity index (χ4n) is 1.65. The predicted molar refractivity (Wildman–Crippen MR) is 63.9 cm³/mol. The Bertz CT molecular complexity index is 516. The third-order valence-corrected chi connectivity index (χ3v) is 2.78. The molecule has 1 aliphatic carbocycles. The van der Waals surface area contributed by atoms with Gasteiger partial charge in [-0.3, -0.25) is 4.68 Å². The van der Waals surface area contributed by atoms with Crippen LogP contribution >= 0.6 is 0 Å². The van der Waals surface area contributed by atoms with Gasteiger partial charge < -0.3 is 14.5 Å². The molecule has 0 unspecified atom stereocenters. The number of rotatable bonds is 6. The van der Waals surface area contributed by atoms with Gasteiger partial charge in [-0.25, -0.2) is 0 Å². The first-order valence-electron chi connectivity index (χ1n) is 6.09. The Morgan fingerprint density at radius 2 is 2.28 bits per heavy atom. The Morgan fingerprint density at radius 3 is 3.00 bits per heavy atom. The Kier molecular flexibility index (Phi) is 3.02. The molecule has 0 aromatic carbocycles. The molecule has 0 bridgehead atoms. The summed E-state index contributed by atoms with van der Waals surface area (Å²) in [6, 6.07) is 4.95. The van der Waals surface area contributed by atoms with E-state index in [1.165, 1.54) is 12.8 Å². The lowest BCUT2D eigenvalue weighted by Gasteiger charge is -1.99. The average Bonchev–Trinajstić information content (AvgIpc) is 2.93. The number of aryl methyl sites for hydroxylation is 1. The molecular weight excluding hydrogens is 232 g/mol.